The quantitative estimate of drug-likeness (QED) is 0.659. The Bertz CT molecular complexity index is 596. The van der Waals surface area contributed by atoms with Crippen molar-refractivity contribution in [3.8, 4) is 11.1 Å². The number of halogens is 2. The smallest absolute Gasteiger partial charge is 0.230 e. The first-order valence-electron chi connectivity index (χ1n) is 7.33. The number of nitrogens with zero attached hydrogens (tertiary/aromatic N) is 1. The van der Waals surface area contributed by atoms with Crippen LogP contribution in [0.1, 0.15) is 44.7 Å². The Morgan fingerprint density at radius 2 is 1.90 bits per heavy atom. The Labute approximate surface area is 135 Å². The largest absolute Gasteiger partial charge is 0.367 e. The van der Waals surface area contributed by atoms with Crippen LogP contribution in [0, 0.1) is 0 Å². The summed E-state index contributed by atoms with van der Waals surface area (Å²) in [4.78, 5) is 0. The Balaban J connectivity index is 2.14. The Morgan fingerprint density at radius 3 is 2.62 bits per heavy atom. The highest BCUT2D eigenvalue weighted by Gasteiger charge is 2.18. The van der Waals surface area contributed by atoms with Gasteiger partial charge in [-0.2, -0.15) is 0 Å². The molecule has 2 aromatic rings. The molecule has 0 aliphatic heterocycles. The minimum absolute atomic E-state index is 0.308. The van der Waals surface area contributed by atoms with Gasteiger partial charge in [-0.15, -0.1) is 0 Å². The molecule has 5 heteroatoms. The number of hydrogen-bond donors (Lipinski definition) is 1. The van der Waals surface area contributed by atoms with E-state index in [1.54, 1.807) is 12.1 Å². The molecule has 0 bridgehead atoms. The third kappa shape index (κ3) is 4.14. The van der Waals surface area contributed by atoms with Gasteiger partial charge in [0.2, 0.25) is 5.88 Å². The lowest BCUT2D eigenvalue weighted by Crippen LogP contribution is -1.93. The van der Waals surface area contributed by atoms with Gasteiger partial charge in [0.25, 0.3) is 0 Å². The monoisotopic (exact) mass is 326 g/mol. The molecule has 2 N–H and O–H groups in total. The number of anilines is 1. The number of hydrogen-bond acceptors (Lipinski definition) is 3. The number of unbranched alkanes of at least 4 members (excludes halogenated alkanes) is 4. The first kappa shape index (κ1) is 16.2. The van der Waals surface area contributed by atoms with Crippen molar-refractivity contribution < 1.29 is 4.52 Å². The fourth-order valence-corrected chi connectivity index (χ4v) is 2.89. The van der Waals surface area contributed by atoms with Crippen molar-refractivity contribution in [3.05, 3.63) is 33.9 Å². The molecule has 21 heavy (non-hydrogen) atoms. The zero-order valence-corrected chi connectivity index (χ0v) is 13.7. The van der Waals surface area contributed by atoms with Crippen LogP contribution in [0.3, 0.4) is 0 Å². The van der Waals surface area contributed by atoms with Gasteiger partial charge < -0.3 is 10.3 Å². The maximum absolute atomic E-state index is 6.26. The van der Waals surface area contributed by atoms with E-state index in [0.717, 1.165) is 29.7 Å². The van der Waals surface area contributed by atoms with Gasteiger partial charge in [-0.1, -0.05) is 67.0 Å². The van der Waals surface area contributed by atoms with Crippen LogP contribution in [-0.4, -0.2) is 5.16 Å². The van der Waals surface area contributed by atoms with Crippen molar-refractivity contribution >= 4 is 29.1 Å². The molecule has 1 heterocycles. The average Bonchev–Trinajstić information content (AvgIpc) is 2.80. The lowest BCUT2D eigenvalue weighted by atomic mass is 10.0. The summed E-state index contributed by atoms with van der Waals surface area (Å²) < 4.78 is 5.15. The van der Waals surface area contributed by atoms with Crippen molar-refractivity contribution in [1.29, 1.82) is 0 Å². The van der Waals surface area contributed by atoms with E-state index < -0.39 is 0 Å². The van der Waals surface area contributed by atoms with Crippen LogP contribution in [0.5, 0.6) is 0 Å². The van der Waals surface area contributed by atoms with Crippen LogP contribution in [0.4, 0.5) is 5.88 Å². The summed E-state index contributed by atoms with van der Waals surface area (Å²) in [7, 11) is 0. The third-order valence-corrected chi connectivity index (χ3v) is 4.05. The van der Waals surface area contributed by atoms with Gasteiger partial charge in [0.1, 0.15) is 0 Å². The van der Waals surface area contributed by atoms with Crippen LogP contribution < -0.4 is 5.73 Å². The van der Waals surface area contributed by atoms with Gasteiger partial charge in [0.15, 0.2) is 0 Å². The van der Waals surface area contributed by atoms with E-state index in [0.29, 0.717) is 15.9 Å². The fraction of sp³-hybridized carbons (Fsp3) is 0.438. The number of aromatic nitrogens is 1. The predicted molar refractivity (Wildman–Crippen MR) is 88.8 cm³/mol. The second-order valence-corrected chi connectivity index (χ2v) is 6.00. The molecule has 0 saturated heterocycles. The Hall–Kier alpha value is -1.19. The summed E-state index contributed by atoms with van der Waals surface area (Å²) in [5.41, 5.74) is 8.40. The third-order valence-electron chi connectivity index (χ3n) is 3.51. The van der Waals surface area contributed by atoms with Crippen LogP contribution in [0.2, 0.25) is 10.0 Å². The van der Waals surface area contributed by atoms with Crippen LogP contribution in [0.15, 0.2) is 22.7 Å². The molecule has 0 amide bonds. The van der Waals surface area contributed by atoms with Crippen molar-refractivity contribution in [2.45, 2.75) is 45.4 Å². The number of nitrogens with two attached hydrogens (primary N) is 1. The Kier molecular flexibility index (Phi) is 5.95. The number of nitrogen functional groups attached to an aromatic ring is 1. The molecule has 2 rings (SSSR count). The standard InChI is InChI=1S/C16H20Cl2N2O/c1-2-3-4-5-6-7-14-15(16(19)21-20-14)12-9-8-11(17)10-13(12)18/h8-10H,2-7,19H2,1H3. The van der Waals surface area contributed by atoms with Crippen LogP contribution in [0.25, 0.3) is 11.1 Å². The molecular formula is C16H20Cl2N2O. The molecule has 0 unspecified atom stereocenters. The first-order valence-corrected chi connectivity index (χ1v) is 8.08. The van der Waals surface area contributed by atoms with Crippen molar-refractivity contribution in [2.75, 3.05) is 5.73 Å². The summed E-state index contributed by atoms with van der Waals surface area (Å²) >= 11 is 12.2. The van der Waals surface area contributed by atoms with Crippen molar-refractivity contribution in [2.24, 2.45) is 0 Å². The minimum atomic E-state index is 0.308. The molecule has 0 aliphatic carbocycles. The maximum Gasteiger partial charge on any atom is 0.230 e. The second kappa shape index (κ2) is 7.71. The normalized spacial score (nSPS) is 11.0. The highest BCUT2D eigenvalue weighted by atomic mass is 35.5. The Morgan fingerprint density at radius 1 is 1.14 bits per heavy atom. The minimum Gasteiger partial charge on any atom is -0.367 e. The SMILES string of the molecule is CCCCCCCc1noc(N)c1-c1ccc(Cl)cc1Cl. The van der Waals surface area contributed by atoms with Gasteiger partial charge in [0, 0.05) is 10.6 Å². The van der Waals surface area contributed by atoms with E-state index in [1.165, 1.54) is 25.7 Å². The molecule has 0 atom stereocenters. The summed E-state index contributed by atoms with van der Waals surface area (Å²) in [6.45, 7) is 2.21. The maximum atomic E-state index is 6.26. The lowest BCUT2D eigenvalue weighted by molar-refractivity contribution is 0.426. The molecule has 1 aromatic heterocycles. The van der Waals surface area contributed by atoms with Crippen LogP contribution in [-0.2, 0) is 6.42 Å². The average molecular weight is 327 g/mol. The van der Waals surface area contributed by atoms with Gasteiger partial charge in [0.05, 0.1) is 16.3 Å². The molecule has 1 aromatic carbocycles. The zero-order valence-electron chi connectivity index (χ0n) is 12.2. The summed E-state index contributed by atoms with van der Waals surface area (Å²) in [5.74, 6) is 0.308. The molecule has 0 saturated carbocycles. The van der Waals surface area contributed by atoms with E-state index in [-0.39, 0.29) is 0 Å². The first-order chi connectivity index (χ1) is 10.1. The molecule has 0 radical (unpaired) electrons. The van der Waals surface area contributed by atoms with Gasteiger partial charge in [-0.3, -0.25) is 0 Å². The van der Waals surface area contributed by atoms with E-state index >= 15 is 0 Å². The van der Waals surface area contributed by atoms with E-state index in [9.17, 15) is 0 Å². The molecule has 0 fully saturated rings. The highest BCUT2D eigenvalue weighted by molar-refractivity contribution is 6.36. The highest BCUT2D eigenvalue weighted by Crippen LogP contribution is 2.36. The topological polar surface area (TPSA) is 52.0 Å². The lowest BCUT2D eigenvalue weighted by Gasteiger charge is -2.05. The molecule has 114 valence electrons. The van der Waals surface area contributed by atoms with Gasteiger partial charge in [-0.25, -0.2) is 0 Å². The van der Waals surface area contributed by atoms with E-state index in [2.05, 4.69) is 12.1 Å². The number of aryl methyl sites for hydroxylation is 1. The van der Waals surface area contributed by atoms with Crippen molar-refractivity contribution in [3.63, 3.8) is 0 Å². The summed E-state index contributed by atoms with van der Waals surface area (Å²) in [6.07, 6.45) is 6.87. The van der Waals surface area contributed by atoms with Gasteiger partial charge >= 0.3 is 0 Å². The zero-order chi connectivity index (χ0) is 15.2. The summed E-state index contributed by atoms with van der Waals surface area (Å²) in [5, 5.41) is 5.24. The summed E-state index contributed by atoms with van der Waals surface area (Å²) in [6, 6.07) is 5.35. The molecular weight excluding hydrogens is 307 g/mol. The fourth-order valence-electron chi connectivity index (χ4n) is 2.38. The van der Waals surface area contributed by atoms with Gasteiger partial charge in [-0.05, 0) is 25.0 Å². The van der Waals surface area contributed by atoms with Crippen molar-refractivity contribution in [1.82, 2.24) is 5.16 Å². The van der Waals surface area contributed by atoms with E-state index in [1.807, 2.05) is 6.07 Å². The predicted octanol–water partition coefficient (Wildman–Crippen LogP) is 5.74. The second-order valence-electron chi connectivity index (χ2n) is 5.16. The molecule has 3 nitrogen and oxygen atoms in total. The molecule has 0 spiro atoms. The van der Waals surface area contributed by atoms with Crippen LogP contribution >= 0.6 is 23.2 Å². The molecule has 0 aliphatic rings. The van der Waals surface area contributed by atoms with E-state index in [4.69, 9.17) is 33.5 Å². The number of rotatable bonds is 7. The number of benzene rings is 1.